The van der Waals surface area contributed by atoms with Crippen molar-refractivity contribution in [3.63, 3.8) is 0 Å². The molecule has 27 heavy (non-hydrogen) atoms. The SMILES string of the molecule is CC(C(=O)N/N=c1/sc2ccccc2n1C)N1C(=O)NC2(CCCC2)C1=O. The van der Waals surface area contributed by atoms with Crippen molar-refractivity contribution in [3.8, 4) is 0 Å². The van der Waals surface area contributed by atoms with Gasteiger partial charge in [0.2, 0.25) is 4.80 Å². The van der Waals surface area contributed by atoms with Gasteiger partial charge in [0.15, 0.2) is 0 Å². The van der Waals surface area contributed by atoms with Crippen molar-refractivity contribution in [2.45, 2.75) is 44.2 Å². The summed E-state index contributed by atoms with van der Waals surface area (Å²) in [5.74, 6) is -0.800. The summed E-state index contributed by atoms with van der Waals surface area (Å²) >= 11 is 1.45. The fraction of sp³-hybridized carbons (Fsp3) is 0.444. The van der Waals surface area contributed by atoms with Crippen molar-refractivity contribution < 1.29 is 14.4 Å². The number of thiazole rings is 1. The highest BCUT2D eigenvalue weighted by molar-refractivity contribution is 7.16. The van der Waals surface area contributed by atoms with Crippen LogP contribution in [0.3, 0.4) is 0 Å². The van der Waals surface area contributed by atoms with E-state index in [1.807, 2.05) is 35.9 Å². The first-order valence-corrected chi connectivity index (χ1v) is 9.78. The van der Waals surface area contributed by atoms with Crippen molar-refractivity contribution in [1.29, 1.82) is 0 Å². The molecule has 1 saturated heterocycles. The molecule has 8 nitrogen and oxygen atoms in total. The second-order valence-electron chi connectivity index (χ2n) is 7.07. The molecule has 1 aromatic heterocycles. The molecule has 2 heterocycles. The zero-order valence-corrected chi connectivity index (χ0v) is 16.0. The van der Waals surface area contributed by atoms with Gasteiger partial charge < -0.3 is 9.88 Å². The lowest BCUT2D eigenvalue weighted by molar-refractivity contribution is -0.137. The van der Waals surface area contributed by atoms with E-state index in [-0.39, 0.29) is 5.91 Å². The minimum Gasteiger partial charge on any atom is -0.323 e. The molecule has 2 fully saturated rings. The van der Waals surface area contributed by atoms with Crippen LogP contribution in [0.2, 0.25) is 0 Å². The van der Waals surface area contributed by atoms with Crippen LogP contribution in [0, 0.1) is 0 Å². The Hall–Kier alpha value is -2.68. The maximum absolute atomic E-state index is 12.8. The average Bonchev–Trinajstić information content (AvgIpc) is 3.31. The topological polar surface area (TPSA) is 95.8 Å². The van der Waals surface area contributed by atoms with Gasteiger partial charge in [-0.1, -0.05) is 36.3 Å². The molecule has 1 aliphatic carbocycles. The molecule has 1 saturated carbocycles. The van der Waals surface area contributed by atoms with Crippen molar-refractivity contribution in [2.75, 3.05) is 0 Å². The van der Waals surface area contributed by atoms with E-state index in [0.29, 0.717) is 17.6 Å². The summed E-state index contributed by atoms with van der Waals surface area (Å²) in [5.41, 5.74) is 2.70. The van der Waals surface area contributed by atoms with E-state index in [0.717, 1.165) is 28.0 Å². The molecule has 1 aromatic carbocycles. The molecule has 1 aliphatic heterocycles. The molecule has 4 rings (SSSR count). The number of carbonyl (C=O) groups is 3. The molecule has 2 N–H and O–H groups in total. The summed E-state index contributed by atoms with van der Waals surface area (Å²) in [5, 5.41) is 6.98. The highest BCUT2D eigenvalue weighted by Crippen LogP contribution is 2.35. The van der Waals surface area contributed by atoms with E-state index >= 15 is 0 Å². The Kier molecular flexibility index (Phi) is 4.26. The lowest BCUT2D eigenvalue weighted by Crippen LogP contribution is -2.49. The van der Waals surface area contributed by atoms with Gasteiger partial charge in [-0.3, -0.25) is 9.59 Å². The molecule has 1 unspecified atom stereocenters. The third-order valence-corrected chi connectivity index (χ3v) is 6.51. The summed E-state index contributed by atoms with van der Waals surface area (Å²) < 4.78 is 2.94. The smallest absolute Gasteiger partial charge is 0.323 e. The van der Waals surface area contributed by atoms with Gasteiger partial charge in [0.05, 0.1) is 10.2 Å². The zero-order chi connectivity index (χ0) is 19.2. The van der Waals surface area contributed by atoms with Crippen molar-refractivity contribution in [3.05, 3.63) is 29.1 Å². The largest absolute Gasteiger partial charge is 0.325 e. The molecular formula is C18H21N5O3S. The minimum absolute atomic E-state index is 0.305. The predicted molar refractivity (Wildman–Crippen MR) is 101 cm³/mol. The van der Waals surface area contributed by atoms with Crippen molar-refractivity contribution in [2.24, 2.45) is 12.1 Å². The lowest BCUT2D eigenvalue weighted by Gasteiger charge is -2.22. The second kappa shape index (κ2) is 6.49. The van der Waals surface area contributed by atoms with Crippen LogP contribution in [-0.4, -0.2) is 38.9 Å². The van der Waals surface area contributed by atoms with Gasteiger partial charge >= 0.3 is 6.03 Å². The van der Waals surface area contributed by atoms with E-state index in [1.165, 1.54) is 11.3 Å². The molecular weight excluding hydrogens is 366 g/mol. The number of imide groups is 1. The summed E-state index contributed by atoms with van der Waals surface area (Å²) in [4.78, 5) is 39.3. The van der Waals surface area contributed by atoms with E-state index in [2.05, 4.69) is 15.8 Å². The van der Waals surface area contributed by atoms with E-state index < -0.39 is 23.5 Å². The number of para-hydroxylation sites is 1. The number of nitrogens with one attached hydrogen (secondary N) is 2. The van der Waals surface area contributed by atoms with Crippen LogP contribution in [0.25, 0.3) is 10.2 Å². The van der Waals surface area contributed by atoms with E-state index in [4.69, 9.17) is 0 Å². The Morgan fingerprint density at radius 1 is 1.30 bits per heavy atom. The molecule has 1 atom stereocenters. The standard InChI is InChI=1S/C18H21N5O3S/c1-11(23-15(25)18(19-16(23)26)9-5-6-10-18)14(24)20-21-17-22(2)12-7-3-4-8-13(12)27-17/h3-4,7-8,11H,5-6,9-10H2,1-2H3,(H,19,26)(H,20,24)/b21-17+. The van der Waals surface area contributed by atoms with Gasteiger partial charge in [0, 0.05) is 7.05 Å². The van der Waals surface area contributed by atoms with Gasteiger partial charge in [-0.05, 0) is 31.9 Å². The molecule has 2 aromatic rings. The third kappa shape index (κ3) is 2.82. The normalized spacial score (nSPS) is 20.5. The number of urea groups is 1. The number of aromatic nitrogens is 1. The van der Waals surface area contributed by atoms with Gasteiger partial charge in [-0.2, -0.15) is 0 Å². The van der Waals surface area contributed by atoms with Crippen LogP contribution in [0.4, 0.5) is 4.79 Å². The predicted octanol–water partition coefficient (Wildman–Crippen LogP) is 1.42. The van der Waals surface area contributed by atoms with E-state index in [1.54, 1.807) is 6.92 Å². The number of aryl methyl sites for hydroxylation is 1. The number of fused-ring (bicyclic) bond motifs is 1. The van der Waals surface area contributed by atoms with Crippen LogP contribution in [-0.2, 0) is 16.6 Å². The summed E-state index contributed by atoms with van der Waals surface area (Å²) in [6.07, 6.45) is 3.06. The highest BCUT2D eigenvalue weighted by atomic mass is 32.1. The summed E-state index contributed by atoms with van der Waals surface area (Å²) in [7, 11) is 1.87. The van der Waals surface area contributed by atoms with Crippen LogP contribution in [0.15, 0.2) is 29.4 Å². The molecule has 0 bridgehead atoms. The number of nitrogens with zero attached hydrogens (tertiary/aromatic N) is 3. The lowest BCUT2D eigenvalue weighted by atomic mass is 9.97. The Bertz CT molecular complexity index is 1000. The number of carbonyl (C=O) groups excluding carboxylic acids is 3. The number of amides is 4. The van der Waals surface area contributed by atoms with Crippen LogP contribution in [0.1, 0.15) is 32.6 Å². The number of benzene rings is 1. The van der Waals surface area contributed by atoms with Crippen LogP contribution in [0.5, 0.6) is 0 Å². The van der Waals surface area contributed by atoms with Crippen LogP contribution >= 0.6 is 11.3 Å². The van der Waals surface area contributed by atoms with Crippen molar-refractivity contribution >= 4 is 39.4 Å². The monoisotopic (exact) mass is 387 g/mol. The van der Waals surface area contributed by atoms with Gasteiger partial charge in [0.25, 0.3) is 11.8 Å². The van der Waals surface area contributed by atoms with Gasteiger partial charge in [0.1, 0.15) is 11.6 Å². The third-order valence-electron chi connectivity index (χ3n) is 5.39. The minimum atomic E-state index is -0.930. The Labute approximate surface area is 159 Å². The molecule has 2 aliphatic rings. The first-order valence-electron chi connectivity index (χ1n) is 8.97. The Balaban J connectivity index is 1.53. The molecule has 9 heteroatoms. The fourth-order valence-electron chi connectivity index (χ4n) is 3.81. The maximum atomic E-state index is 12.8. The van der Waals surface area contributed by atoms with E-state index in [9.17, 15) is 14.4 Å². The number of hydrogen-bond donors (Lipinski definition) is 2. The first kappa shape index (κ1) is 17.7. The quantitative estimate of drug-likeness (QED) is 0.616. The fourth-order valence-corrected chi connectivity index (χ4v) is 4.79. The number of hydrogen-bond acceptors (Lipinski definition) is 5. The molecule has 0 radical (unpaired) electrons. The summed E-state index contributed by atoms with van der Waals surface area (Å²) in [6.45, 7) is 1.54. The highest BCUT2D eigenvalue weighted by Gasteiger charge is 2.54. The van der Waals surface area contributed by atoms with Gasteiger partial charge in [-0.25, -0.2) is 15.1 Å². The Morgan fingerprint density at radius 2 is 2.00 bits per heavy atom. The first-order chi connectivity index (χ1) is 12.9. The Morgan fingerprint density at radius 3 is 2.70 bits per heavy atom. The second-order valence-corrected chi connectivity index (χ2v) is 8.08. The van der Waals surface area contributed by atoms with Gasteiger partial charge in [-0.15, -0.1) is 5.10 Å². The maximum Gasteiger partial charge on any atom is 0.325 e. The summed E-state index contributed by atoms with van der Waals surface area (Å²) in [6, 6.07) is 6.41. The number of rotatable bonds is 3. The average molecular weight is 387 g/mol. The molecule has 1 spiro atoms. The van der Waals surface area contributed by atoms with Crippen molar-refractivity contribution in [1.82, 2.24) is 20.2 Å². The molecule has 142 valence electrons. The zero-order valence-electron chi connectivity index (χ0n) is 15.2. The van der Waals surface area contributed by atoms with Crippen LogP contribution < -0.4 is 15.5 Å². The molecule has 4 amide bonds.